The highest BCUT2D eigenvalue weighted by atomic mass is 32.2. The minimum atomic E-state index is -0.486. The van der Waals surface area contributed by atoms with Crippen LogP contribution in [0, 0.1) is 0 Å². The summed E-state index contributed by atoms with van der Waals surface area (Å²) in [6.45, 7) is 1.87. The number of rotatable bonds is 4. The van der Waals surface area contributed by atoms with E-state index in [2.05, 4.69) is 0 Å². The second-order valence-corrected chi connectivity index (χ2v) is 4.46. The van der Waals surface area contributed by atoms with Gasteiger partial charge < -0.3 is 10.8 Å². The number of nitrogens with two attached hydrogens (primary N) is 1. The molecule has 72 valence electrons. The summed E-state index contributed by atoms with van der Waals surface area (Å²) >= 11 is 1.67. The third-order valence-corrected chi connectivity index (χ3v) is 3.08. The van der Waals surface area contributed by atoms with E-state index in [0.717, 1.165) is 5.75 Å². The van der Waals surface area contributed by atoms with E-state index in [1.807, 2.05) is 37.3 Å². The average Bonchev–Trinajstić information content (AvgIpc) is 2.17. The van der Waals surface area contributed by atoms with Crippen molar-refractivity contribution in [3.05, 3.63) is 30.3 Å². The van der Waals surface area contributed by atoms with E-state index in [0.29, 0.717) is 0 Å². The van der Waals surface area contributed by atoms with Gasteiger partial charge in [0.05, 0.1) is 6.61 Å². The first-order valence-corrected chi connectivity index (χ1v) is 5.20. The lowest BCUT2D eigenvalue weighted by atomic mass is 10.1. The van der Waals surface area contributed by atoms with Crippen LogP contribution >= 0.6 is 11.8 Å². The third-order valence-electron chi connectivity index (χ3n) is 1.67. The smallest absolute Gasteiger partial charge is 0.0616 e. The summed E-state index contributed by atoms with van der Waals surface area (Å²) in [6, 6.07) is 10.1. The number of aliphatic hydroxyl groups excluding tert-OH is 1. The molecule has 0 aromatic heterocycles. The summed E-state index contributed by atoms with van der Waals surface area (Å²) in [5, 5.41) is 8.93. The second-order valence-electron chi connectivity index (χ2n) is 3.41. The van der Waals surface area contributed by atoms with Crippen LogP contribution in [-0.2, 0) is 0 Å². The number of hydrogen-bond donors (Lipinski definition) is 2. The molecule has 1 aromatic rings. The van der Waals surface area contributed by atoms with Crippen molar-refractivity contribution >= 4 is 11.8 Å². The van der Waals surface area contributed by atoms with Gasteiger partial charge in [-0.05, 0) is 19.1 Å². The predicted octanol–water partition coefficient (Wildman–Crippen LogP) is 1.49. The Hall–Kier alpha value is -0.510. The molecule has 1 atom stereocenters. The van der Waals surface area contributed by atoms with Crippen LogP contribution in [0.1, 0.15) is 6.92 Å². The minimum Gasteiger partial charge on any atom is -0.394 e. The first-order chi connectivity index (χ1) is 6.14. The van der Waals surface area contributed by atoms with Crippen molar-refractivity contribution in [2.24, 2.45) is 5.73 Å². The minimum absolute atomic E-state index is 0.0207. The van der Waals surface area contributed by atoms with Crippen molar-refractivity contribution in [1.82, 2.24) is 0 Å². The molecule has 13 heavy (non-hydrogen) atoms. The second kappa shape index (κ2) is 4.65. The Morgan fingerprint density at radius 3 is 2.54 bits per heavy atom. The molecule has 2 nitrogen and oxygen atoms in total. The van der Waals surface area contributed by atoms with E-state index < -0.39 is 5.54 Å². The zero-order valence-electron chi connectivity index (χ0n) is 7.73. The van der Waals surface area contributed by atoms with Crippen LogP contribution in [0.2, 0.25) is 0 Å². The fourth-order valence-electron chi connectivity index (χ4n) is 0.811. The lowest BCUT2D eigenvalue weighted by Gasteiger charge is -2.20. The number of aliphatic hydroxyl groups is 1. The summed E-state index contributed by atoms with van der Waals surface area (Å²) in [5.74, 6) is 0.730. The van der Waals surface area contributed by atoms with Gasteiger partial charge in [0.1, 0.15) is 0 Å². The van der Waals surface area contributed by atoms with Crippen molar-refractivity contribution in [3.63, 3.8) is 0 Å². The Morgan fingerprint density at radius 2 is 2.00 bits per heavy atom. The van der Waals surface area contributed by atoms with Gasteiger partial charge in [0.25, 0.3) is 0 Å². The first kappa shape index (κ1) is 10.6. The lowest BCUT2D eigenvalue weighted by Crippen LogP contribution is -2.42. The van der Waals surface area contributed by atoms with Crippen LogP contribution in [0.25, 0.3) is 0 Å². The summed E-state index contributed by atoms with van der Waals surface area (Å²) < 4.78 is 0. The third kappa shape index (κ3) is 3.81. The van der Waals surface area contributed by atoms with E-state index in [1.54, 1.807) is 11.8 Å². The fraction of sp³-hybridized carbons (Fsp3) is 0.400. The average molecular weight is 197 g/mol. The molecular weight excluding hydrogens is 182 g/mol. The zero-order chi connectivity index (χ0) is 9.73. The van der Waals surface area contributed by atoms with E-state index in [4.69, 9.17) is 10.8 Å². The fourth-order valence-corrected chi connectivity index (χ4v) is 1.75. The molecule has 0 aliphatic heterocycles. The van der Waals surface area contributed by atoms with Gasteiger partial charge in [-0.2, -0.15) is 0 Å². The van der Waals surface area contributed by atoms with Crippen molar-refractivity contribution < 1.29 is 5.11 Å². The van der Waals surface area contributed by atoms with Crippen molar-refractivity contribution in [2.45, 2.75) is 17.4 Å². The Morgan fingerprint density at radius 1 is 1.38 bits per heavy atom. The normalized spacial score (nSPS) is 15.3. The Kier molecular flexibility index (Phi) is 3.78. The highest BCUT2D eigenvalue weighted by Crippen LogP contribution is 2.20. The van der Waals surface area contributed by atoms with Crippen LogP contribution < -0.4 is 5.73 Å². The molecule has 0 saturated carbocycles. The lowest BCUT2D eigenvalue weighted by molar-refractivity contribution is 0.224. The molecule has 0 fully saturated rings. The highest BCUT2D eigenvalue weighted by molar-refractivity contribution is 7.99. The van der Waals surface area contributed by atoms with Gasteiger partial charge in [0.15, 0.2) is 0 Å². The largest absolute Gasteiger partial charge is 0.394 e. The van der Waals surface area contributed by atoms with Gasteiger partial charge in [0, 0.05) is 16.2 Å². The molecule has 0 radical (unpaired) electrons. The molecule has 0 aliphatic carbocycles. The first-order valence-electron chi connectivity index (χ1n) is 4.22. The Labute approximate surface area is 83.1 Å². The molecule has 0 amide bonds. The molecule has 3 N–H and O–H groups in total. The Bertz CT molecular complexity index is 248. The SMILES string of the molecule is CC(N)(CO)CSc1ccccc1. The Balaban J connectivity index is 2.44. The van der Waals surface area contributed by atoms with E-state index >= 15 is 0 Å². The van der Waals surface area contributed by atoms with Crippen LogP contribution in [0.15, 0.2) is 35.2 Å². The van der Waals surface area contributed by atoms with Gasteiger partial charge in [0.2, 0.25) is 0 Å². The maximum absolute atomic E-state index is 8.93. The van der Waals surface area contributed by atoms with Gasteiger partial charge in [-0.25, -0.2) is 0 Å². The molecule has 3 heteroatoms. The standard InChI is InChI=1S/C10H15NOS/c1-10(11,7-12)8-13-9-5-3-2-4-6-9/h2-6,12H,7-8,11H2,1H3. The van der Waals surface area contributed by atoms with E-state index in [1.165, 1.54) is 4.90 Å². The molecule has 0 bridgehead atoms. The van der Waals surface area contributed by atoms with Crippen molar-refractivity contribution in [3.8, 4) is 0 Å². The summed E-state index contributed by atoms with van der Waals surface area (Å²) in [6.07, 6.45) is 0. The molecule has 0 aliphatic rings. The molecule has 1 rings (SSSR count). The van der Waals surface area contributed by atoms with E-state index in [-0.39, 0.29) is 6.61 Å². The van der Waals surface area contributed by atoms with Gasteiger partial charge in [-0.1, -0.05) is 18.2 Å². The molecule has 0 saturated heterocycles. The van der Waals surface area contributed by atoms with Crippen LogP contribution in [0.5, 0.6) is 0 Å². The van der Waals surface area contributed by atoms with Crippen LogP contribution in [-0.4, -0.2) is 23.0 Å². The quantitative estimate of drug-likeness (QED) is 0.719. The zero-order valence-corrected chi connectivity index (χ0v) is 8.55. The maximum Gasteiger partial charge on any atom is 0.0616 e. The number of thioether (sulfide) groups is 1. The predicted molar refractivity (Wildman–Crippen MR) is 56.8 cm³/mol. The molecule has 1 unspecified atom stereocenters. The topological polar surface area (TPSA) is 46.2 Å². The highest BCUT2D eigenvalue weighted by Gasteiger charge is 2.16. The monoisotopic (exact) mass is 197 g/mol. The number of benzene rings is 1. The molecule has 0 heterocycles. The summed E-state index contributed by atoms with van der Waals surface area (Å²) in [7, 11) is 0. The van der Waals surface area contributed by atoms with Gasteiger partial charge in [-0.15, -0.1) is 11.8 Å². The summed E-state index contributed by atoms with van der Waals surface area (Å²) in [4.78, 5) is 1.19. The van der Waals surface area contributed by atoms with Gasteiger partial charge in [-0.3, -0.25) is 0 Å². The molecular formula is C10H15NOS. The van der Waals surface area contributed by atoms with Gasteiger partial charge >= 0.3 is 0 Å². The summed E-state index contributed by atoms with van der Waals surface area (Å²) in [5.41, 5.74) is 5.31. The van der Waals surface area contributed by atoms with Crippen LogP contribution in [0.4, 0.5) is 0 Å². The molecule has 0 spiro atoms. The van der Waals surface area contributed by atoms with E-state index in [9.17, 15) is 0 Å². The molecule has 1 aromatic carbocycles. The van der Waals surface area contributed by atoms with Crippen LogP contribution in [0.3, 0.4) is 0 Å². The van der Waals surface area contributed by atoms with Crippen molar-refractivity contribution in [1.29, 1.82) is 0 Å². The number of hydrogen-bond acceptors (Lipinski definition) is 3. The van der Waals surface area contributed by atoms with Crippen molar-refractivity contribution in [2.75, 3.05) is 12.4 Å². The maximum atomic E-state index is 8.93.